The molecule has 2 heterocycles. The molecule has 1 amide bonds. The molecule has 0 aromatic heterocycles. The second kappa shape index (κ2) is 7.59. The van der Waals surface area contributed by atoms with E-state index in [2.05, 4.69) is 25.8 Å². The van der Waals surface area contributed by atoms with Crippen molar-refractivity contribution in [2.45, 2.75) is 52.0 Å². The Morgan fingerprint density at radius 3 is 2.00 bits per heavy atom. The number of rotatable bonds is 4. The molecule has 0 aromatic rings. The second-order valence-corrected chi connectivity index (χ2v) is 7.54. The second-order valence-electron chi connectivity index (χ2n) is 7.54. The molecule has 21 heavy (non-hydrogen) atoms. The summed E-state index contributed by atoms with van der Waals surface area (Å²) in [6, 6.07) is -0.301. The number of carbonyl (C=O) groups is 1. The molecule has 2 rings (SSSR count). The van der Waals surface area contributed by atoms with Gasteiger partial charge in [-0.1, -0.05) is 13.8 Å². The van der Waals surface area contributed by atoms with Crippen LogP contribution >= 0.6 is 0 Å². The first kappa shape index (κ1) is 16.8. The molecular weight excluding hydrogens is 262 g/mol. The lowest BCUT2D eigenvalue weighted by Gasteiger charge is -2.40. The summed E-state index contributed by atoms with van der Waals surface area (Å²) in [6.07, 6.45) is 5.82. The van der Waals surface area contributed by atoms with Crippen LogP contribution in [-0.2, 0) is 4.79 Å². The fourth-order valence-corrected chi connectivity index (χ4v) is 3.93. The highest BCUT2D eigenvalue weighted by molar-refractivity contribution is 5.81. The van der Waals surface area contributed by atoms with E-state index in [-0.39, 0.29) is 11.9 Å². The molecule has 2 aliphatic heterocycles. The van der Waals surface area contributed by atoms with E-state index in [0.717, 1.165) is 31.3 Å². The van der Waals surface area contributed by atoms with Gasteiger partial charge in [0.15, 0.2) is 0 Å². The van der Waals surface area contributed by atoms with Gasteiger partial charge in [-0.25, -0.2) is 0 Å². The van der Waals surface area contributed by atoms with E-state index >= 15 is 0 Å². The molecule has 1 atom stereocenters. The average Bonchev–Trinajstić information content (AvgIpc) is 2.47. The Kier molecular flexibility index (Phi) is 6.06. The van der Waals surface area contributed by atoms with Crippen LogP contribution < -0.4 is 5.73 Å². The summed E-state index contributed by atoms with van der Waals surface area (Å²) < 4.78 is 0. The lowest BCUT2D eigenvalue weighted by Crippen LogP contribution is -2.48. The van der Waals surface area contributed by atoms with Crippen LogP contribution in [0.2, 0.25) is 0 Å². The van der Waals surface area contributed by atoms with Gasteiger partial charge in [0.1, 0.15) is 0 Å². The van der Waals surface area contributed by atoms with Crippen molar-refractivity contribution in [1.29, 1.82) is 0 Å². The summed E-state index contributed by atoms with van der Waals surface area (Å²) in [7, 11) is 2.22. The largest absolute Gasteiger partial charge is 0.341 e. The van der Waals surface area contributed by atoms with Gasteiger partial charge in [-0.15, -0.1) is 0 Å². The molecule has 0 aromatic carbocycles. The van der Waals surface area contributed by atoms with Gasteiger partial charge in [-0.3, -0.25) is 4.79 Å². The van der Waals surface area contributed by atoms with Crippen molar-refractivity contribution in [2.75, 3.05) is 33.2 Å². The standard InChI is InChI=1S/C17H33N3O/c1-13(2)12-16(18)17(21)20-10-6-15(7-11-20)14-4-8-19(3)9-5-14/h13-16H,4-12,18H2,1-3H3/t16-/m1/s1. The Labute approximate surface area is 130 Å². The van der Waals surface area contributed by atoms with Crippen LogP contribution in [0.4, 0.5) is 0 Å². The van der Waals surface area contributed by atoms with Gasteiger partial charge in [-0.2, -0.15) is 0 Å². The van der Waals surface area contributed by atoms with E-state index in [0.29, 0.717) is 5.92 Å². The summed E-state index contributed by atoms with van der Waals surface area (Å²) in [5, 5.41) is 0. The highest BCUT2D eigenvalue weighted by atomic mass is 16.2. The molecule has 0 spiro atoms. The molecule has 4 nitrogen and oxygen atoms in total. The molecule has 2 aliphatic rings. The third-order valence-electron chi connectivity index (χ3n) is 5.32. The number of nitrogens with two attached hydrogens (primary N) is 1. The number of nitrogens with zero attached hydrogens (tertiary/aromatic N) is 2. The van der Waals surface area contributed by atoms with E-state index in [1.165, 1.54) is 38.8 Å². The third kappa shape index (κ3) is 4.68. The zero-order valence-electron chi connectivity index (χ0n) is 14.1. The third-order valence-corrected chi connectivity index (χ3v) is 5.32. The minimum Gasteiger partial charge on any atom is -0.341 e. The van der Waals surface area contributed by atoms with Gasteiger partial charge in [0.05, 0.1) is 6.04 Å². The summed E-state index contributed by atoms with van der Waals surface area (Å²) >= 11 is 0. The molecule has 0 saturated carbocycles. The lowest BCUT2D eigenvalue weighted by molar-refractivity contribution is -0.134. The zero-order chi connectivity index (χ0) is 15.4. The van der Waals surface area contributed by atoms with Gasteiger partial charge in [0.2, 0.25) is 5.91 Å². The molecule has 0 bridgehead atoms. The fourth-order valence-electron chi connectivity index (χ4n) is 3.93. The van der Waals surface area contributed by atoms with Gasteiger partial charge in [0.25, 0.3) is 0 Å². The average molecular weight is 295 g/mol. The van der Waals surface area contributed by atoms with Crippen molar-refractivity contribution < 1.29 is 4.79 Å². The van der Waals surface area contributed by atoms with Gasteiger partial charge < -0.3 is 15.5 Å². The zero-order valence-corrected chi connectivity index (χ0v) is 14.1. The monoisotopic (exact) mass is 295 g/mol. The molecule has 0 unspecified atom stereocenters. The molecule has 122 valence electrons. The van der Waals surface area contributed by atoms with E-state index in [9.17, 15) is 4.79 Å². The predicted molar refractivity (Wildman–Crippen MR) is 87.0 cm³/mol. The summed E-state index contributed by atoms with van der Waals surface area (Å²) in [5.41, 5.74) is 6.04. The van der Waals surface area contributed by atoms with Gasteiger partial charge >= 0.3 is 0 Å². The highest BCUT2D eigenvalue weighted by Gasteiger charge is 2.31. The van der Waals surface area contributed by atoms with Crippen LogP contribution in [0.25, 0.3) is 0 Å². The maximum atomic E-state index is 12.4. The van der Waals surface area contributed by atoms with Crippen molar-refractivity contribution in [2.24, 2.45) is 23.5 Å². The van der Waals surface area contributed by atoms with Gasteiger partial charge in [-0.05, 0) is 70.0 Å². The number of carbonyl (C=O) groups excluding carboxylic acids is 1. The summed E-state index contributed by atoms with van der Waals surface area (Å²) in [5.74, 6) is 2.36. The molecule has 2 saturated heterocycles. The van der Waals surface area contributed by atoms with E-state index in [4.69, 9.17) is 5.73 Å². The normalized spacial score (nSPS) is 24.5. The SMILES string of the molecule is CC(C)C[C@@H](N)C(=O)N1CCC(C2CCN(C)CC2)CC1. The Morgan fingerprint density at radius 2 is 1.52 bits per heavy atom. The van der Waals surface area contributed by atoms with Gasteiger partial charge in [0, 0.05) is 13.1 Å². The van der Waals surface area contributed by atoms with Crippen molar-refractivity contribution in [1.82, 2.24) is 9.80 Å². The van der Waals surface area contributed by atoms with Crippen LogP contribution in [0.15, 0.2) is 0 Å². The van der Waals surface area contributed by atoms with E-state index in [1.54, 1.807) is 0 Å². The van der Waals surface area contributed by atoms with Crippen molar-refractivity contribution in [3.05, 3.63) is 0 Å². The quantitative estimate of drug-likeness (QED) is 0.862. The molecule has 2 N–H and O–H groups in total. The smallest absolute Gasteiger partial charge is 0.239 e. The first-order valence-electron chi connectivity index (χ1n) is 8.70. The fraction of sp³-hybridized carbons (Fsp3) is 0.941. The number of likely N-dealkylation sites (tertiary alicyclic amines) is 2. The number of piperidine rings is 2. The summed E-state index contributed by atoms with van der Waals surface area (Å²) in [4.78, 5) is 16.8. The van der Waals surface area contributed by atoms with Crippen LogP contribution in [0.5, 0.6) is 0 Å². The maximum Gasteiger partial charge on any atom is 0.239 e. The van der Waals surface area contributed by atoms with Crippen LogP contribution in [0.1, 0.15) is 46.0 Å². The predicted octanol–water partition coefficient (Wildman–Crippen LogP) is 1.94. The van der Waals surface area contributed by atoms with Crippen molar-refractivity contribution >= 4 is 5.91 Å². The summed E-state index contributed by atoms with van der Waals surface area (Å²) in [6.45, 7) is 8.56. The van der Waals surface area contributed by atoms with Crippen molar-refractivity contribution in [3.63, 3.8) is 0 Å². The first-order chi connectivity index (χ1) is 9.97. The van der Waals surface area contributed by atoms with Crippen LogP contribution in [0.3, 0.4) is 0 Å². The van der Waals surface area contributed by atoms with E-state index < -0.39 is 0 Å². The maximum absolute atomic E-state index is 12.4. The molecular formula is C17H33N3O. The molecule has 4 heteroatoms. The first-order valence-corrected chi connectivity index (χ1v) is 8.70. The Balaban J connectivity index is 1.76. The van der Waals surface area contributed by atoms with Crippen LogP contribution in [-0.4, -0.2) is 55.0 Å². The Morgan fingerprint density at radius 1 is 1.05 bits per heavy atom. The Bertz CT molecular complexity index is 329. The Hall–Kier alpha value is -0.610. The molecule has 0 radical (unpaired) electrons. The lowest BCUT2D eigenvalue weighted by atomic mass is 9.79. The minimum absolute atomic E-state index is 0.172. The topological polar surface area (TPSA) is 49.6 Å². The number of hydrogen-bond donors (Lipinski definition) is 1. The number of hydrogen-bond acceptors (Lipinski definition) is 3. The van der Waals surface area contributed by atoms with E-state index in [1.807, 2.05) is 4.90 Å². The van der Waals surface area contributed by atoms with Crippen LogP contribution in [0, 0.1) is 17.8 Å². The molecule has 0 aliphatic carbocycles. The number of amides is 1. The molecule has 2 fully saturated rings. The highest BCUT2D eigenvalue weighted by Crippen LogP contribution is 2.32. The van der Waals surface area contributed by atoms with Crippen molar-refractivity contribution in [3.8, 4) is 0 Å². The minimum atomic E-state index is -0.301.